The zero-order valence-corrected chi connectivity index (χ0v) is 16.7. The zero-order valence-electron chi connectivity index (χ0n) is 15.1. The molecule has 0 aliphatic heterocycles. The highest BCUT2D eigenvalue weighted by Crippen LogP contribution is 2.43. The molecule has 0 saturated heterocycles. The van der Waals surface area contributed by atoms with Crippen LogP contribution in [-0.2, 0) is 14.9 Å². The van der Waals surface area contributed by atoms with Crippen molar-refractivity contribution in [1.82, 2.24) is 10.6 Å². The highest BCUT2D eigenvalue weighted by atomic mass is 79.9. The Bertz CT molecular complexity index is 614. The fraction of sp³-hybridized carbons (Fsp3) is 0.579. The van der Waals surface area contributed by atoms with E-state index in [-0.39, 0.29) is 17.2 Å². The van der Waals surface area contributed by atoms with Gasteiger partial charge < -0.3 is 15.4 Å². The summed E-state index contributed by atoms with van der Waals surface area (Å²) in [6.07, 6.45) is 3.28. The van der Waals surface area contributed by atoms with Gasteiger partial charge in [-0.15, -0.1) is 0 Å². The number of alkyl carbamates (subject to hydrolysis) is 1. The molecule has 1 unspecified atom stereocenters. The molecule has 0 spiro atoms. The summed E-state index contributed by atoms with van der Waals surface area (Å²) >= 11 is 3.52. The Balaban J connectivity index is 2.03. The molecule has 1 fully saturated rings. The molecular formula is C19H27BrN2O3. The fourth-order valence-electron chi connectivity index (χ4n) is 3.27. The molecule has 2 rings (SSSR count). The van der Waals surface area contributed by atoms with Crippen molar-refractivity contribution in [2.75, 3.05) is 13.7 Å². The van der Waals surface area contributed by atoms with Crippen LogP contribution < -0.4 is 10.6 Å². The van der Waals surface area contributed by atoms with Crippen molar-refractivity contribution in [1.29, 1.82) is 0 Å². The van der Waals surface area contributed by atoms with Crippen LogP contribution in [0.3, 0.4) is 0 Å². The lowest BCUT2D eigenvalue weighted by Gasteiger charge is -2.43. The predicted molar refractivity (Wildman–Crippen MR) is 101 cm³/mol. The van der Waals surface area contributed by atoms with Gasteiger partial charge in [0.2, 0.25) is 5.91 Å². The fourth-order valence-corrected chi connectivity index (χ4v) is 3.67. The molecule has 1 aliphatic rings. The first-order valence-electron chi connectivity index (χ1n) is 8.74. The molecule has 6 heteroatoms. The van der Waals surface area contributed by atoms with Crippen molar-refractivity contribution < 1.29 is 14.3 Å². The number of carbonyl (C=O) groups is 2. The largest absolute Gasteiger partial charge is 0.453 e. The Labute approximate surface area is 158 Å². The number of rotatable bonds is 7. The van der Waals surface area contributed by atoms with Crippen LogP contribution in [-0.4, -0.2) is 31.7 Å². The topological polar surface area (TPSA) is 67.4 Å². The molecule has 1 atom stereocenters. The molecule has 25 heavy (non-hydrogen) atoms. The van der Waals surface area contributed by atoms with Gasteiger partial charge >= 0.3 is 6.09 Å². The molecule has 0 aromatic heterocycles. The average Bonchev–Trinajstić information content (AvgIpc) is 2.52. The summed E-state index contributed by atoms with van der Waals surface area (Å²) in [6.45, 7) is 4.63. The van der Waals surface area contributed by atoms with E-state index in [1.165, 1.54) is 12.7 Å². The number of hydrogen-bond donors (Lipinski definition) is 2. The third-order valence-electron chi connectivity index (χ3n) is 4.85. The van der Waals surface area contributed by atoms with E-state index in [0.29, 0.717) is 13.0 Å². The van der Waals surface area contributed by atoms with E-state index in [0.717, 1.165) is 23.7 Å². The van der Waals surface area contributed by atoms with Gasteiger partial charge in [0.05, 0.1) is 7.11 Å². The Hall–Kier alpha value is -1.56. The highest BCUT2D eigenvalue weighted by molar-refractivity contribution is 9.10. The molecule has 1 saturated carbocycles. The van der Waals surface area contributed by atoms with Crippen molar-refractivity contribution >= 4 is 27.9 Å². The second-order valence-electron chi connectivity index (χ2n) is 7.18. The number of halogens is 1. The number of carbonyl (C=O) groups excluding carboxylic acids is 2. The quantitative estimate of drug-likeness (QED) is 0.718. The number of nitrogens with one attached hydrogen (secondary N) is 2. The van der Waals surface area contributed by atoms with E-state index in [1.807, 2.05) is 26.0 Å². The maximum absolute atomic E-state index is 12.6. The maximum atomic E-state index is 12.6. The summed E-state index contributed by atoms with van der Waals surface area (Å²) in [5, 5.41) is 5.69. The van der Waals surface area contributed by atoms with Crippen LogP contribution in [0.15, 0.2) is 28.7 Å². The van der Waals surface area contributed by atoms with Crippen LogP contribution in [0.25, 0.3) is 0 Å². The minimum absolute atomic E-state index is 0.00686. The Kier molecular flexibility index (Phi) is 6.87. The molecule has 138 valence electrons. The Morgan fingerprint density at radius 2 is 2.04 bits per heavy atom. The summed E-state index contributed by atoms with van der Waals surface area (Å²) in [5.74, 6) is 0.135. The maximum Gasteiger partial charge on any atom is 0.407 e. The number of hydrogen-bond acceptors (Lipinski definition) is 3. The first-order valence-corrected chi connectivity index (χ1v) is 9.54. The van der Waals surface area contributed by atoms with Crippen LogP contribution in [0.1, 0.15) is 45.1 Å². The van der Waals surface area contributed by atoms with Gasteiger partial charge in [0.25, 0.3) is 0 Å². The van der Waals surface area contributed by atoms with E-state index in [4.69, 9.17) is 0 Å². The summed E-state index contributed by atoms with van der Waals surface area (Å²) in [4.78, 5) is 24.1. The van der Waals surface area contributed by atoms with Crippen molar-refractivity contribution in [3.8, 4) is 0 Å². The molecule has 0 heterocycles. The van der Waals surface area contributed by atoms with E-state index in [1.54, 1.807) is 0 Å². The first kappa shape index (κ1) is 19.8. The SMILES string of the molecule is COC(=O)NC(CC(C)C)C(=O)NCC1(c2cccc(Br)c2)CCC1. The third kappa shape index (κ3) is 5.21. The van der Waals surface area contributed by atoms with E-state index < -0.39 is 12.1 Å². The predicted octanol–water partition coefficient (Wildman–Crippen LogP) is 3.76. The van der Waals surface area contributed by atoms with Crippen molar-refractivity contribution in [2.24, 2.45) is 5.92 Å². The van der Waals surface area contributed by atoms with Gasteiger partial charge in [-0.05, 0) is 42.9 Å². The third-order valence-corrected chi connectivity index (χ3v) is 5.34. The molecule has 2 amide bonds. The minimum atomic E-state index is -0.578. The molecule has 0 bridgehead atoms. The summed E-state index contributed by atoms with van der Waals surface area (Å²) in [5.41, 5.74) is 1.24. The number of benzene rings is 1. The Morgan fingerprint density at radius 1 is 1.32 bits per heavy atom. The highest BCUT2D eigenvalue weighted by Gasteiger charge is 2.39. The van der Waals surface area contributed by atoms with E-state index in [2.05, 4.69) is 43.4 Å². The number of amides is 2. The number of ether oxygens (including phenoxy) is 1. The smallest absolute Gasteiger partial charge is 0.407 e. The van der Waals surface area contributed by atoms with Crippen LogP contribution in [0.4, 0.5) is 4.79 Å². The van der Waals surface area contributed by atoms with Crippen LogP contribution in [0.2, 0.25) is 0 Å². The zero-order chi connectivity index (χ0) is 18.4. The summed E-state index contributed by atoms with van der Waals surface area (Å²) in [7, 11) is 1.30. The monoisotopic (exact) mass is 410 g/mol. The molecule has 5 nitrogen and oxygen atoms in total. The van der Waals surface area contributed by atoms with Gasteiger partial charge in [0.1, 0.15) is 6.04 Å². The lowest BCUT2D eigenvalue weighted by Crippen LogP contribution is -2.52. The second kappa shape index (κ2) is 8.70. The second-order valence-corrected chi connectivity index (χ2v) is 8.10. The van der Waals surface area contributed by atoms with Gasteiger partial charge in [-0.3, -0.25) is 4.79 Å². The Morgan fingerprint density at radius 3 is 2.56 bits per heavy atom. The number of methoxy groups -OCH3 is 1. The van der Waals surface area contributed by atoms with Crippen molar-refractivity contribution in [3.05, 3.63) is 34.3 Å². The van der Waals surface area contributed by atoms with Crippen molar-refractivity contribution in [2.45, 2.75) is 51.0 Å². The summed E-state index contributed by atoms with van der Waals surface area (Å²) in [6, 6.07) is 7.71. The van der Waals surface area contributed by atoms with Gasteiger partial charge in [-0.25, -0.2) is 4.79 Å². The standard InChI is InChI=1S/C19H27BrN2O3/c1-13(2)10-16(22-18(24)25-3)17(23)21-12-19(8-5-9-19)14-6-4-7-15(20)11-14/h4,6-7,11,13,16H,5,8-10,12H2,1-3H3,(H,21,23)(H,22,24). The van der Waals surface area contributed by atoms with Gasteiger partial charge in [-0.2, -0.15) is 0 Å². The lowest BCUT2D eigenvalue weighted by atomic mass is 9.64. The van der Waals surface area contributed by atoms with Gasteiger partial charge in [-0.1, -0.05) is 48.3 Å². The minimum Gasteiger partial charge on any atom is -0.453 e. The molecule has 1 aliphatic carbocycles. The van der Waals surface area contributed by atoms with Crippen molar-refractivity contribution in [3.63, 3.8) is 0 Å². The van der Waals surface area contributed by atoms with E-state index >= 15 is 0 Å². The lowest BCUT2D eigenvalue weighted by molar-refractivity contribution is -0.123. The molecule has 1 aromatic rings. The van der Waals surface area contributed by atoms with Crippen LogP contribution in [0, 0.1) is 5.92 Å². The van der Waals surface area contributed by atoms with Crippen LogP contribution in [0.5, 0.6) is 0 Å². The normalized spacial score (nSPS) is 16.7. The molecule has 0 radical (unpaired) electrons. The molecule has 1 aromatic carbocycles. The van der Waals surface area contributed by atoms with E-state index in [9.17, 15) is 9.59 Å². The molecular weight excluding hydrogens is 384 g/mol. The summed E-state index contributed by atoms with van der Waals surface area (Å²) < 4.78 is 5.69. The average molecular weight is 411 g/mol. The van der Waals surface area contributed by atoms with Gasteiger partial charge in [0, 0.05) is 16.4 Å². The first-order chi connectivity index (χ1) is 11.9. The van der Waals surface area contributed by atoms with Gasteiger partial charge in [0.15, 0.2) is 0 Å². The van der Waals surface area contributed by atoms with Crippen LogP contribution >= 0.6 is 15.9 Å². The molecule has 2 N–H and O–H groups in total.